The van der Waals surface area contributed by atoms with Crippen LogP contribution in [0, 0.1) is 0 Å². The number of alkyl halides is 3. The summed E-state index contributed by atoms with van der Waals surface area (Å²) in [5, 5.41) is -0.0510. The van der Waals surface area contributed by atoms with Gasteiger partial charge in [-0.05, 0) is 6.07 Å². The molecule has 2 heterocycles. The van der Waals surface area contributed by atoms with E-state index in [0.717, 1.165) is 0 Å². The lowest BCUT2D eigenvalue weighted by Crippen LogP contribution is -2.28. The summed E-state index contributed by atoms with van der Waals surface area (Å²) in [5.74, 6) is -0.876. The van der Waals surface area contributed by atoms with Crippen molar-refractivity contribution in [2.75, 3.05) is 0 Å². The van der Waals surface area contributed by atoms with Gasteiger partial charge < -0.3 is 4.18 Å². The molecule has 0 amide bonds. The third-order valence-electron chi connectivity index (χ3n) is 2.88. The van der Waals surface area contributed by atoms with Gasteiger partial charge in [0.05, 0.1) is 26.1 Å². The fraction of sp³-hybridized carbons (Fsp3) is 0.0909. The van der Waals surface area contributed by atoms with Crippen molar-refractivity contribution in [2.45, 2.75) is 5.51 Å². The van der Waals surface area contributed by atoms with E-state index < -0.39 is 21.5 Å². The second kappa shape index (κ2) is 5.51. The standard InChI is InChI=1S/C11H3Cl3F3N3O3S/c12-4-3-5-8(7(14)6(4)13)20-2-1-18-9(20)10(19-5)23-24(21,22)11(15,16)17/h1-3H. The van der Waals surface area contributed by atoms with Crippen molar-refractivity contribution in [1.82, 2.24) is 14.4 Å². The van der Waals surface area contributed by atoms with Crippen LogP contribution in [0.4, 0.5) is 13.2 Å². The number of hydrogen-bond donors (Lipinski definition) is 0. The van der Waals surface area contributed by atoms with Crippen molar-refractivity contribution in [3.63, 3.8) is 0 Å². The lowest BCUT2D eigenvalue weighted by Gasteiger charge is -2.12. The van der Waals surface area contributed by atoms with Crippen LogP contribution in [0.2, 0.25) is 15.1 Å². The summed E-state index contributed by atoms with van der Waals surface area (Å²) in [6, 6.07) is 1.21. The molecule has 0 unspecified atom stereocenters. The second-order valence-electron chi connectivity index (χ2n) is 4.38. The first-order valence-corrected chi connectivity index (χ1v) is 8.38. The van der Waals surface area contributed by atoms with Crippen LogP contribution in [0.1, 0.15) is 0 Å². The minimum atomic E-state index is -5.93. The fourth-order valence-electron chi connectivity index (χ4n) is 1.90. The minimum absolute atomic E-state index is 0.000727. The van der Waals surface area contributed by atoms with E-state index in [0.29, 0.717) is 0 Å². The van der Waals surface area contributed by atoms with Gasteiger partial charge in [-0.25, -0.2) is 9.97 Å². The van der Waals surface area contributed by atoms with Crippen molar-refractivity contribution in [1.29, 1.82) is 0 Å². The predicted octanol–water partition coefficient (Wildman–Crippen LogP) is 4.07. The molecule has 2 aromatic heterocycles. The van der Waals surface area contributed by atoms with Crippen molar-refractivity contribution in [3.05, 3.63) is 33.5 Å². The van der Waals surface area contributed by atoms with Crippen LogP contribution in [0.5, 0.6) is 5.88 Å². The van der Waals surface area contributed by atoms with E-state index in [9.17, 15) is 21.6 Å². The molecule has 24 heavy (non-hydrogen) atoms. The van der Waals surface area contributed by atoms with Gasteiger partial charge >= 0.3 is 15.6 Å². The Hall–Kier alpha value is -1.49. The quantitative estimate of drug-likeness (QED) is 0.355. The highest BCUT2D eigenvalue weighted by Crippen LogP contribution is 2.38. The largest absolute Gasteiger partial charge is 0.534 e. The summed E-state index contributed by atoms with van der Waals surface area (Å²) in [5.41, 5.74) is -5.78. The Kier molecular flexibility index (Phi) is 3.98. The average Bonchev–Trinajstić information content (AvgIpc) is 2.92. The first-order chi connectivity index (χ1) is 11.0. The molecule has 0 fully saturated rings. The number of nitrogens with zero attached hydrogens (tertiary/aromatic N) is 3. The Labute approximate surface area is 146 Å². The van der Waals surface area contributed by atoms with Crippen molar-refractivity contribution >= 4 is 61.6 Å². The lowest BCUT2D eigenvalue weighted by atomic mass is 10.3. The molecule has 0 spiro atoms. The highest BCUT2D eigenvalue weighted by atomic mass is 35.5. The third kappa shape index (κ3) is 2.63. The zero-order valence-electron chi connectivity index (χ0n) is 11.0. The maximum Gasteiger partial charge on any atom is 0.534 e. The number of aromatic nitrogens is 3. The molecule has 1 aromatic carbocycles. The lowest BCUT2D eigenvalue weighted by molar-refractivity contribution is -0.0500. The van der Waals surface area contributed by atoms with Gasteiger partial charge in [-0.3, -0.25) is 4.40 Å². The fourth-order valence-corrected chi connectivity index (χ4v) is 2.99. The smallest absolute Gasteiger partial charge is 0.351 e. The van der Waals surface area contributed by atoms with E-state index in [4.69, 9.17) is 34.8 Å². The zero-order chi connectivity index (χ0) is 17.9. The van der Waals surface area contributed by atoms with Gasteiger partial charge in [0.2, 0.25) is 5.65 Å². The molecule has 0 bridgehead atoms. The van der Waals surface area contributed by atoms with Gasteiger partial charge in [0, 0.05) is 12.4 Å². The number of halogens is 6. The van der Waals surface area contributed by atoms with Crippen LogP contribution >= 0.6 is 34.8 Å². The Balaban J connectivity index is 2.34. The SMILES string of the molecule is O=S(=O)(Oc1nc2cc(Cl)c(Cl)c(Cl)c2n2ccnc12)C(F)(F)F. The summed E-state index contributed by atoms with van der Waals surface area (Å²) in [6.07, 6.45) is 2.52. The van der Waals surface area contributed by atoms with Crippen molar-refractivity contribution < 1.29 is 25.8 Å². The van der Waals surface area contributed by atoms with Crippen LogP contribution in [-0.4, -0.2) is 28.3 Å². The van der Waals surface area contributed by atoms with Gasteiger partial charge in [0.25, 0.3) is 5.88 Å². The summed E-state index contributed by atoms with van der Waals surface area (Å²) in [4.78, 5) is 7.46. The van der Waals surface area contributed by atoms with Gasteiger partial charge in [0.15, 0.2) is 0 Å². The number of rotatable bonds is 2. The van der Waals surface area contributed by atoms with Crippen LogP contribution < -0.4 is 4.18 Å². The summed E-state index contributed by atoms with van der Waals surface area (Å²) in [6.45, 7) is 0. The molecule has 0 aliphatic heterocycles. The molecular weight excluding hydrogens is 418 g/mol. The number of hydrogen-bond acceptors (Lipinski definition) is 5. The summed E-state index contributed by atoms with van der Waals surface area (Å²) < 4.78 is 65.2. The van der Waals surface area contributed by atoms with Crippen molar-refractivity contribution in [2.24, 2.45) is 0 Å². The van der Waals surface area contributed by atoms with Crippen LogP contribution in [0.15, 0.2) is 18.5 Å². The molecule has 3 aromatic rings. The molecule has 0 aliphatic rings. The molecule has 3 rings (SSSR count). The number of fused-ring (bicyclic) bond motifs is 3. The van der Waals surface area contributed by atoms with E-state index in [1.807, 2.05) is 0 Å². The minimum Gasteiger partial charge on any atom is -0.351 e. The predicted molar refractivity (Wildman–Crippen MR) is 81.1 cm³/mol. The molecule has 0 saturated carbocycles. The topological polar surface area (TPSA) is 73.6 Å². The van der Waals surface area contributed by atoms with Crippen LogP contribution in [0.25, 0.3) is 16.7 Å². The number of benzene rings is 1. The first kappa shape index (κ1) is 17.3. The average molecular weight is 421 g/mol. The van der Waals surface area contributed by atoms with Crippen LogP contribution in [0.3, 0.4) is 0 Å². The van der Waals surface area contributed by atoms with E-state index in [-0.39, 0.29) is 31.7 Å². The Morgan fingerprint density at radius 1 is 1.17 bits per heavy atom. The number of imidazole rings is 1. The molecule has 0 radical (unpaired) electrons. The Morgan fingerprint density at radius 2 is 1.83 bits per heavy atom. The molecule has 0 atom stereocenters. The summed E-state index contributed by atoms with van der Waals surface area (Å²) in [7, 11) is -5.93. The van der Waals surface area contributed by atoms with Gasteiger partial charge in [-0.1, -0.05) is 34.8 Å². The van der Waals surface area contributed by atoms with Gasteiger partial charge in [-0.2, -0.15) is 21.6 Å². The summed E-state index contributed by atoms with van der Waals surface area (Å²) >= 11 is 17.9. The maximum atomic E-state index is 12.5. The monoisotopic (exact) mass is 419 g/mol. The normalized spacial score (nSPS) is 12.9. The Morgan fingerprint density at radius 3 is 2.46 bits per heavy atom. The van der Waals surface area contributed by atoms with E-state index in [1.54, 1.807) is 0 Å². The van der Waals surface area contributed by atoms with Crippen LogP contribution in [-0.2, 0) is 10.1 Å². The maximum absolute atomic E-state index is 12.5. The molecule has 0 N–H and O–H groups in total. The van der Waals surface area contributed by atoms with E-state index in [2.05, 4.69) is 14.2 Å². The Bertz CT molecular complexity index is 1080. The van der Waals surface area contributed by atoms with Gasteiger partial charge in [0.1, 0.15) is 0 Å². The molecule has 128 valence electrons. The molecule has 6 nitrogen and oxygen atoms in total. The highest BCUT2D eigenvalue weighted by molar-refractivity contribution is 7.88. The molecular formula is C11H3Cl3F3N3O3S. The molecule has 0 saturated heterocycles. The third-order valence-corrected chi connectivity index (χ3v) is 5.08. The zero-order valence-corrected chi connectivity index (χ0v) is 14.1. The first-order valence-electron chi connectivity index (χ1n) is 5.84. The molecule has 0 aliphatic carbocycles. The van der Waals surface area contributed by atoms with Crippen molar-refractivity contribution in [3.8, 4) is 5.88 Å². The second-order valence-corrected chi connectivity index (χ2v) is 7.08. The van der Waals surface area contributed by atoms with E-state index >= 15 is 0 Å². The molecule has 13 heteroatoms. The van der Waals surface area contributed by atoms with Gasteiger partial charge in [-0.15, -0.1) is 0 Å². The van der Waals surface area contributed by atoms with E-state index in [1.165, 1.54) is 22.9 Å². The highest BCUT2D eigenvalue weighted by Gasteiger charge is 2.49.